The lowest BCUT2D eigenvalue weighted by Gasteiger charge is -2.15. The SMILES string of the molecule is CCC(C)c1ccc(C2(N)CC2)cc1Cl. The van der Waals surface area contributed by atoms with Gasteiger partial charge in [0.05, 0.1) is 0 Å². The standard InChI is InChI=1S/C13H18ClN/c1-3-9(2)11-5-4-10(8-12(11)14)13(15)6-7-13/h4-5,8-9H,3,6-7,15H2,1-2H3. The van der Waals surface area contributed by atoms with Gasteiger partial charge in [0.15, 0.2) is 0 Å². The van der Waals surface area contributed by atoms with Crippen molar-refractivity contribution >= 4 is 11.6 Å². The van der Waals surface area contributed by atoms with Crippen LogP contribution in [0.2, 0.25) is 5.02 Å². The highest BCUT2D eigenvalue weighted by atomic mass is 35.5. The molecule has 1 fully saturated rings. The van der Waals surface area contributed by atoms with Gasteiger partial charge in [0.2, 0.25) is 0 Å². The summed E-state index contributed by atoms with van der Waals surface area (Å²) in [6.45, 7) is 4.39. The van der Waals surface area contributed by atoms with Gasteiger partial charge < -0.3 is 5.73 Å². The molecule has 0 bridgehead atoms. The summed E-state index contributed by atoms with van der Waals surface area (Å²) in [6, 6.07) is 6.33. The maximum Gasteiger partial charge on any atom is 0.0444 e. The van der Waals surface area contributed by atoms with Gasteiger partial charge in [0.1, 0.15) is 0 Å². The van der Waals surface area contributed by atoms with Gasteiger partial charge in [0, 0.05) is 10.6 Å². The van der Waals surface area contributed by atoms with E-state index in [1.165, 1.54) is 11.1 Å². The van der Waals surface area contributed by atoms with E-state index in [-0.39, 0.29) is 5.54 Å². The number of rotatable bonds is 3. The van der Waals surface area contributed by atoms with Crippen molar-refractivity contribution in [3.63, 3.8) is 0 Å². The maximum atomic E-state index is 6.28. The summed E-state index contributed by atoms with van der Waals surface area (Å²) in [7, 11) is 0. The predicted octanol–water partition coefficient (Wildman–Crippen LogP) is 3.80. The van der Waals surface area contributed by atoms with Crippen molar-refractivity contribution in [3.05, 3.63) is 34.3 Å². The number of hydrogen-bond acceptors (Lipinski definition) is 1. The molecule has 82 valence electrons. The minimum atomic E-state index is -0.0718. The number of halogens is 1. The van der Waals surface area contributed by atoms with Crippen LogP contribution in [-0.4, -0.2) is 0 Å². The van der Waals surface area contributed by atoms with Gasteiger partial charge in [-0.2, -0.15) is 0 Å². The Hall–Kier alpha value is -0.530. The first-order valence-corrected chi connectivity index (χ1v) is 6.03. The minimum Gasteiger partial charge on any atom is -0.321 e. The largest absolute Gasteiger partial charge is 0.321 e. The molecule has 1 saturated carbocycles. The summed E-state index contributed by atoms with van der Waals surface area (Å²) in [5.74, 6) is 0.527. The molecule has 1 aliphatic carbocycles. The van der Waals surface area contributed by atoms with Gasteiger partial charge in [-0.1, -0.05) is 37.6 Å². The molecule has 0 radical (unpaired) electrons. The fraction of sp³-hybridized carbons (Fsp3) is 0.538. The normalized spacial score (nSPS) is 20.0. The fourth-order valence-corrected chi connectivity index (χ4v) is 2.25. The van der Waals surface area contributed by atoms with Crippen LogP contribution in [-0.2, 0) is 5.54 Å². The molecule has 1 aromatic rings. The van der Waals surface area contributed by atoms with Gasteiger partial charge in [-0.15, -0.1) is 0 Å². The topological polar surface area (TPSA) is 26.0 Å². The molecule has 0 saturated heterocycles. The molecule has 0 aromatic heterocycles. The van der Waals surface area contributed by atoms with Crippen LogP contribution in [0.25, 0.3) is 0 Å². The van der Waals surface area contributed by atoms with E-state index in [1.54, 1.807) is 0 Å². The lowest BCUT2D eigenvalue weighted by molar-refractivity contribution is 0.721. The molecular weight excluding hydrogens is 206 g/mol. The molecule has 1 nitrogen and oxygen atoms in total. The van der Waals surface area contributed by atoms with Crippen molar-refractivity contribution < 1.29 is 0 Å². The van der Waals surface area contributed by atoms with E-state index in [4.69, 9.17) is 17.3 Å². The highest BCUT2D eigenvalue weighted by molar-refractivity contribution is 6.31. The van der Waals surface area contributed by atoms with Crippen LogP contribution in [0.15, 0.2) is 18.2 Å². The molecule has 0 aliphatic heterocycles. The van der Waals surface area contributed by atoms with Gasteiger partial charge in [-0.25, -0.2) is 0 Å². The Labute approximate surface area is 96.6 Å². The average molecular weight is 224 g/mol. The highest BCUT2D eigenvalue weighted by Crippen LogP contribution is 2.44. The van der Waals surface area contributed by atoms with E-state index >= 15 is 0 Å². The van der Waals surface area contributed by atoms with E-state index < -0.39 is 0 Å². The summed E-state index contributed by atoms with van der Waals surface area (Å²) in [4.78, 5) is 0. The maximum absolute atomic E-state index is 6.28. The third-order valence-electron chi connectivity index (χ3n) is 3.51. The molecule has 1 aromatic carbocycles. The number of benzene rings is 1. The molecular formula is C13H18ClN. The Kier molecular flexibility index (Phi) is 2.78. The average Bonchev–Trinajstić information content (AvgIpc) is 2.96. The van der Waals surface area contributed by atoms with E-state index in [2.05, 4.69) is 32.0 Å². The van der Waals surface area contributed by atoms with Gasteiger partial charge in [-0.3, -0.25) is 0 Å². The summed E-state index contributed by atoms with van der Waals surface area (Å²) >= 11 is 6.28. The Balaban J connectivity index is 2.30. The smallest absolute Gasteiger partial charge is 0.0444 e. The van der Waals surface area contributed by atoms with Crippen LogP contribution in [0.5, 0.6) is 0 Å². The summed E-state index contributed by atoms with van der Waals surface area (Å²) < 4.78 is 0. The van der Waals surface area contributed by atoms with E-state index in [1.807, 2.05) is 0 Å². The minimum absolute atomic E-state index is 0.0718. The van der Waals surface area contributed by atoms with Crippen LogP contribution < -0.4 is 5.73 Å². The Bertz CT molecular complexity index is 369. The number of hydrogen-bond donors (Lipinski definition) is 1. The summed E-state index contributed by atoms with van der Waals surface area (Å²) in [5.41, 5.74) is 8.50. The molecule has 1 unspecified atom stereocenters. The lowest BCUT2D eigenvalue weighted by atomic mass is 9.95. The first-order chi connectivity index (χ1) is 7.07. The van der Waals surface area contributed by atoms with E-state index in [0.717, 1.165) is 24.3 Å². The summed E-state index contributed by atoms with van der Waals surface area (Å²) in [5, 5.41) is 0.874. The zero-order chi connectivity index (χ0) is 11.1. The predicted molar refractivity (Wildman–Crippen MR) is 65.3 cm³/mol. The lowest BCUT2D eigenvalue weighted by Crippen LogP contribution is -2.18. The van der Waals surface area contributed by atoms with Crippen molar-refractivity contribution in [2.45, 2.75) is 44.6 Å². The zero-order valence-corrected chi connectivity index (χ0v) is 10.1. The molecule has 2 heteroatoms. The Morgan fingerprint density at radius 2 is 2.13 bits per heavy atom. The van der Waals surface area contributed by atoms with Crippen molar-refractivity contribution in [3.8, 4) is 0 Å². The number of nitrogens with two attached hydrogens (primary N) is 1. The summed E-state index contributed by atoms with van der Waals surface area (Å²) in [6.07, 6.45) is 3.30. The Morgan fingerprint density at radius 3 is 2.60 bits per heavy atom. The third kappa shape index (κ3) is 2.04. The molecule has 2 N–H and O–H groups in total. The van der Waals surface area contributed by atoms with Crippen LogP contribution >= 0.6 is 11.6 Å². The molecule has 2 rings (SSSR count). The van der Waals surface area contributed by atoms with Crippen molar-refractivity contribution in [2.24, 2.45) is 5.73 Å². The van der Waals surface area contributed by atoms with Crippen molar-refractivity contribution in [2.75, 3.05) is 0 Å². The second-order valence-electron chi connectivity index (χ2n) is 4.70. The van der Waals surface area contributed by atoms with Crippen LogP contribution in [0.1, 0.15) is 50.2 Å². The van der Waals surface area contributed by atoms with E-state index in [9.17, 15) is 0 Å². The van der Waals surface area contributed by atoms with Crippen LogP contribution in [0.4, 0.5) is 0 Å². The molecule has 15 heavy (non-hydrogen) atoms. The fourth-order valence-electron chi connectivity index (χ4n) is 1.88. The quantitative estimate of drug-likeness (QED) is 0.829. The zero-order valence-electron chi connectivity index (χ0n) is 9.39. The van der Waals surface area contributed by atoms with Gasteiger partial charge in [-0.05, 0) is 42.4 Å². The first-order valence-electron chi connectivity index (χ1n) is 5.65. The van der Waals surface area contributed by atoms with Crippen molar-refractivity contribution in [1.29, 1.82) is 0 Å². The molecule has 0 spiro atoms. The van der Waals surface area contributed by atoms with E-state index in [0.29, 0.717) is 5.92 Å². The molecule has 1 atom stereocenters. The molecule has 1 aliphatic rings. The first kappa shape index (κ1) is 11.0. The second kappa shape index (κ2) is 3.80. The van der Waals surface area contributed by atoms with Crippen LogP contribution in [0.3, 0.4) is 0 Å². The highest BCUT2D eigenvalue weighted by Gasteiger charge is 2.40. The third-order valence-corrected chi connectivity index (χ3v) is 3.83. The molecule has 0 heterocycles. The molecule has 0 amide bonds. The van der Waals surface area contributed by atoms with Gasteiger partial charge >= 0.3 is 0 Å². The van der Waals surface area contributed by atoms with Gasteiger partial charge in [0.25, 0.3) is 0 Å². The monoisotopic (exact) mass is 223 g/mol. The second-order valence-corrected chi connectivity index (χ2v) is 5.11. The Morgan fingerprint density at radius 1 is 1.47 bits per heavy atom. The van der Waals surface area contributed by atoms with Crippen LogP contribution in [0, 0.1) is 0 Å². The van der Waals surface area contributed by atoms with Crippen molar-refractivity contribution in [1.82, 2.24) is 0 Å².